The second kappa shape index (κ2) is 6.76. The van der Waals surface area contributed by atoms with Gasteiger partial charge in [-0.2, -0.15) is 0 Å². The SMILES string of the molecule is CC(C(=O)O)c1cccc(NC(=O)C2SCCc3sccc32)c1. The number of thiophene rings is 1. The van der Waals surface area contributed by atoms with Gasteiger partial charge in [-0.25, -0.2) is 0 Å². The molecule has 3 rings (SSSR count). The lowest BCUT2D eigenvalue weighted by molar-refractivity contribution is -0.138. The third-order valence-corrected chi connectivity index (χ3v) is 6.18. The maximum atomic E-state index is 12.6. The number of rotatable bonds is 4. The second-order valence-electron chi connectivity index (χ2n) is 5.47. The molecule has 4 nitrogen and oxygen atoms in total. The van der Waals surface area contributed by atoms with Crippen LogP contribution in [-0.2, 0) is 16.0 Å². The van der Waals surface area contributed by atoms with Crippen LogP contribution >= 0.6 is 23.1 Å². The first-order valence-electron chi connectivity index (χ1n) is 7.38. The van der Waals surface area contributed by atoms with E-state index in [9.17, 15) is 9.59 Å². The van der Waals surface area contributed by atoms with E-state index < -0.39 is 11.9 Å². The number of fused-ring (bicyclic) bond motifs is 1. The summed E-state index contributed by atoms with van der Waals surface area (Å²) in [5.74, 6) is -0.574. The van der Waals surface area contributed by atoms with Crippen molar-refractivity contribution in [3.05, 3.63) is 51.7 Å². The van der Waals surface area contributed by atoms with Gasteiger partial charge >= 0.3 is 5.97 Å². The molecule has 1 aliphatic heterocycles. The van der Waals surface area contributed by atoms with Crippen molar-refractivity contribution in [2.45, 2.75) is 24.5 Å². The average molecular weight is 347 g/mol. The second-order valence-corrected chi connectivity index (χ2v) is 7.69. The highest BCUT2D eigenvalue weighted by Gasteiger charge is 2.28. The van der Waals surface area contributed by atoms with E-state index in [-0.39, 0.29) is 11.2 Å². The number of hydrogen-bond donors (Lipinski definition) is 2. The Morgan fingerprint density at radius 3 is 2.96 bits per heavy atom. The van der Waals surface area contributed by atoms with Crippen molar-refractivity contribution in [1.82, 2.24) is 0 Å². The number of amides is 1. The zero-order valence-electron chi connectivity index (χ0n) is 12.6. The fourth-order valence-electron chi connectivity index (χ4n) is 2.60. The molecule has 2 N–H and O–H groups in total. The van der Waals surface area contributed by atoms with Crippen LogP contribution < -0.4 is 5.32 Å². The van der Waals surface area contributed by atoms with Crippen LogP contribution in [0.2, 0.25) is 0 Å². The Labute approximate surface area is 142 Å². The van der Waals surface area contributed by atoms with Gasteiger partial charge in [0.05, 0.1) is 5.92 Å². The molecule has 23 heavy (non-hydrogen) atoms. The van der Waals surface area contributed by atoms with Crippen molar-refractivity contribution in [1.29, 1.82) is 0 Å². The van der Waals surface area contributed by atoms with Crippen LogP contribution in [0.5, 0.6) is 0 Å². The molecular weight excluding hydrogens is 330 g/mol. The third kappa shape index (κ3) is 3.43. The third-order valence-electron chi connectivity index (χ3n) is 3.94. The zero-order chi connectivity index (χ0) is 16.4. The summed E-state index contributed by atoms with van der Waals surface area (Å²) in [5.41, 5.74) is 2.44. The van der Waals surface area contributed by atoms with Gasteiger partial charge in [0.15, 0.2) is 0 Å². The summed E-state index contributed by atoms with van der Waals surface area (Å²) in [7, 11) is 0. The Kier molecular flexibility index (Phi) is 4.73. The van der Waals surface area contributed by atoms with E-state index in [1.165, 1.54) is 4.88 Å². The molecule has 0 saturated carbocycles. The first kappa shape index (κ1) is 16.1. The summed E-state index contributed by atoms with van der Waals surface area (Å²) < 4.78 is 0. The molecule has 2 heterocycles. The predicted octanol–water partition coefficient (Wildman–Crippen LogP) is 3.91. The van der Waals surface area contributed by atoms with Gasteiger partial charge in [-0.3, -0.25) is 9.59 Å². The van der Waals surface area contributed by atoms with E-state index in [1.807, 2.05) is 11.4 Å². The Bertz CT molecular complexity index is 741. The molecule has 1 aliphatic rings. The van der Waals surface area contributed by atoms with Crippen molar-refractivity contribution >= 4 is 40.7 Å². The smallest absolute Gasteiger partial charge is 0.310 e. The van der Waals surface area contributed by atoms with Crippen LogP contribution in [-0.4, -0.2) is 22.7 Å². The molecule has 0 saturated heterocycles. The number of aliphatic carboxylic acids is 1. The number of carboxylic acids is 1. The molecule has 1 aromatic heterocycles. The monoisotopic (exact) mass is 347 g/mol. The molecule has 2 unspecified atom stereocenters. The summed E-state index contributed by atoms with van der Waals surface area (Å²) in [6.07, 6.45) is 1.02. The normalized spacial score (nSPS) is 18.0. The van der Waals surface area contributed by atoms with Gasteiger partial charge in [-0.05, 0) is 53.8 Å². The van der Waals surface area contributed by atoms with Crippen molar-refractivity contribution in [2.75, 3.05) is 11.1 Å². The summed E-state index contributed by atoms with van der Waals surface area (Å²) in [6, 6.07) is 9.09. The lowest BCUT2D eigenvalue weighted by atomic mass is 10.0. The molecule has 0 fully saturated rings. The molecule has 120 valence electrons. The van der Waals surface area contributed by atoms with E-state index in [0.717, 1.165) is 17.7 Å². The number of nitrogens with one attached hydrogen (secondary N) is 1. The van der Waals surface area contributed by atoms with Gasteiger partial charge in [-0.15, -0.1) is 23.1 Å². The molecule has 0 bridgehead atoms. The molecule has 2 atom stereocenters. The number of carbonyl (C=O) groups is 2. The quantitative estimate of drug-likeness (QED) is 0.880. The first-order valence-corrected chi connectivity index (χ1v) is 9.30. The Hall–Kier alpha value is -1.79. The summed E-state index contributed by atoms with van der Waals surface area (Å²) in [6.45, 7) is 1.64. The largest absolute Gasteiger partial charge is 0.481 e. The van der Waals surface area contributed by atoms with Gasteiger partial charge in [0.2, 0.25) is 5.91 Å². The minimum Gasteiger partial charge on any atom is -0.481 e. The number of thioether (sulfide) groups is 1. The molecule has 1 aromatic carbocycles. The van der Waals surface area contributed by atoms with Gasteiger partial charge in [0, 0.05) is 10.6 Å². The highest BCUT2D eigenvalue weighted by Crippen LogP contribution is 2.40. The van der Waals surface area contributed by atoms with Gasteiger partial charge in [0.1, 0.15) is 5.25 Å². The average Bonchev–Trinajstić information content (AvgIpc) is 3.02. The minimum absolute atomic E-state index is 0.0468. The highest BCUT2D eigenvalue weighted by atomic mass is 32.2. The number of carbonyl (C=O) groups excluding carboxylic acids is 1. The fraction of sp³-hybridized carbons (Fsp3) is 0.294. The predicted molar refractivity (Wildman–Crippen MR) is 94.3 cm³/mol. The molecule has 2 aromatic rings. The van der Waals surface area contributed by atoms with Crippen LogP contribution in [0.4, 0.5) is 5.69 Å². The van der Waals surface area contributed by atoms with Gasteiger partial charge in [-0.1, -0.05) is 12.1 Å². The number of anilines is 1. The molecule has 1 amide bonds. The fourth-order valence-corrected chi connectivity index (χ4v) is 4.89. The van der Waals surface area contributed by atoms with Crippen LogP contribution in [0.1, 0.15) is 34.1 Å². The first-order chi connectivity index (χ1) is 11.1. The number of hydrogen-bond acceptors (Lipinski definition) is 4. The standard InChI is InChI=1S/C17H17NO3S2/c1-10(17(20)21)11-3-2-4-12(9-11)18-16(19)15-13-5-7-22-14(13)6-8-23-15/h2-5,7,9-10,15H,6,8H2,1H3,(H,18,19)(H,20,21). The molecular formula is C17H17NO3S2. The maximum absolute atomic E-state index is 12.6. The Morgan fingerprint density at radius 2 is 2.17 bits per heavy atom. The van der Waals surface area contributed by atoms with Crippen molar-refractivity contribution < 1.29 is 14.7 Å². The summed E-state index contributed by atoms with van der Waals surface area (Å²) in [4.78, 5) is 25.0. The molecule has 6 heteroatoms. The van der Waals surface area contributed by atoms with Crippen molar-refractivity contribution in [3.63, 3.8) is 0 Å². The minimum atomic E-state index is -0.876. The highest BCUT2D eigenvalue weighted by molar-refractivity contribution is 8.00. The van der Waals surface area contributed by atoms with Crippen molar-refractivity contribution in [3.8, 4) is 0 Å². The molecule has 0 spiro atoms. The van der Waals surface area contributed by atoms with Crippen LogP contribution in [0, 0.1) is 0 Å². The molecule has 0 radical (unpaired) electrons. The number of carboxylic acid groups (broad SMARTS) is 1. The van der Waals surface area contributed by atoms with E-state index in [1.54, 1.807) is 54.3 Å². The lowest BCUT2D eigenvalue weighted by Gasteiger charge is -2.21. The zero-order valence-corrected chi connectivity index (χ0v) is 14.2. The van der Waals surface area contributed by atoms with E-state index in [4.69, 9.17) is 5.11 Å². The van der Waals surface area contributed by atoms with Gasteiger partial charge < -0.3 is 10.4 Å². The number of benzene rings is 1. The topological polar surface area (TPSA) is 66.4 Å². The molecule has 0 aliphatic carbocycles. The summed E-state index contributed by atoms with van der Waals surface area (Å²) >= 11 is 3.36. The Morgan fingerprint density at radius 1 is 1.35 bits per heavy atom. The summed E-state index contributed by atoms with van der Waals surface area (Å²) in [5, 5.41) is 13.9. The maximum Gasteiger partial charge on any atom is 0.310 e. The van der Waals surface area contributed by atoms with Crippen LogP contribution in [0.3, 0.4) is 0 Å². The lowest BCUT2D eigenvalue weighted by Crippen LogP contribution is -2.22. The van der Waals surface area contributed by atoms with E-state index >= 15 is 0 Å². The van der Waals surface area contributed by atoms with Gasteiger partial charge in [0.25, 0.3) is 0 Å². The van der Waals surface area contributed by atoms with E-state index in [0.29, 0.717) is 11.3 Å². The van der Waals surface area contributed by atoms with Crippen LogP contribution in [0.25, 0.3) is 0 Å². The van der Waals surface area contributed by atoms with E-state index in [2.05, 4.69) is 5.32 Å². The van der Waals surface area contributed by atoms with Crippen molar-refractivity contribution in [2.24, 2.45) is 0 Å². The van der Waals surface area contributed by atoms with Crippen LogP contribution in [0.15, 0.2) is 35.7 Å². The Balaban J connectivity index is 1.77. The number of aryl methyl sites for hydroxylation is 1.